The molecule has 0 unspecified atom stereocenters. The number of carbonyl (C=O) groups is 2. The van der Waals surface area contributed by atoms with Crippen molar-refractivity contribution in [2.45, 2.75) is 38.8 Å². The van der Waals surface area contributed by atoms with Crippen LogP contribution >= 0.6 is 0 Å². The van der Waals surface area contributed by atoms with Crippen LogP contribution in [0, 0.1) is 5.92 Å². The van der Waals surface area contributed by atoms with Gasteiger partial charge in [0.15, 0.2) is 0 Å². The van der Waals surface area contributed by atoms with Crippen LogP contribution in [0.2, 0.25) is 0 Å². The average Bonchev–Trinajstić information content (AvgIpc) is 2.84. The Bertz CT molecular complexity index is 654. The molecule has 2 aliphatic rings. The molecule has 0 radical (unpaired) electrons. The van der Waals surface area contributed by atoms with Crippen molar-refractivity contribution in [2.24, 2.45) is 5.92 Å². The summed E-state index contributed by atoms with van der Waals surface area (Å²) in [6.07, 6.45) is 1.37. The minimum Gasteiger partial charge on any atom is -0.383 e. The van der Waals surface area contributed by atoms with Gasteiger partial charge in [0.25, 0.3) is 5.91 Å². The predicted molar refractivity (Wildman–Crippen MR) is 104 cm³/mol. The molecule has 0 saturated carbocycles. The summed E-state index contributed by atoms with van der Waals surface area (Å²) in [5.41, 5.74) is 0.581. The van der Waals surface area contributed by atoms with Gasteiger partial charge in [0.2, 0.25) is 0 Å². The van der Waals surface area contributed by atoms with Gasteiger partial charge in [-0.15, -0.1) is 0 Å². The topological polar surface area (TPSA) is 53.1 Å². The Balaban J connectivity index is 1.73. The van der Waals surface area contributed by atoms with E-state index in [-0.39, 0.29) is 17.9 Å². The molecule has 0 N–H and O–H groups in total. The van der Waals surface area contributed by atoms with Gasteiger partial charge >= 0.3 is 6.03 Å². The molecule has 6 nitrogen and oxygen atoms in total. The molecule has 3 amide bonds. The first kappa shape index (κ1) is 19.8. The summed E-state index contributed by atoms with van der Waals surface area (Å²) in [4.78, 5) is 31.9. The van der Waals surface area contributed by atoms with Crippen LogP contribution in [0.3, 0.4) is 0 Å². The third-order valence-electron chi connectivity index (χ3n) is 5.62. The highest BCUT2D eigenvalue weighted by Gasteiger charge is 2.57. The van der Waals surface area contributed by atoms with Gasteiger partial charge in [-0.2, -0.15) is 0 Å². The number of rotatable bonds is 7. The minimum atomic E-state index is -0.697. The number of ether oxygens (including phenoxy) is 1. The Morgan fingerprint density at radius 3 is 2.37 bits per heavy atom. The van der Waals surface area contributed by atoms with Gasteiger partial charge in [0.1, 0.15) is 5.54 Å². The van der Waals surface area contributed by atoms with E-state index >= 15 is 0 Å². The summed E-state index contributed by atoms with van der Waals surface area (Å²) in [5.74, 6) is 0.243. The molecule has 2 saturated heterocycles. The molecular weight excluding hydrogens is 342 g/mol. The van der Waals surface area contributed by atoms with E-state index in [1.165, 1.54) is 10.5 Å². The van der Waals surface area contributed by atoms with Crippen LogP contribution in [-0.2, 0) is 16.1 Å². The van der Waals surface area contributed by atoms with Crippen LogP contribution in [0.4, 0.5) is 4.79 Å². The normalized spacial score (nSPS) is 20.3. The van der Waals surface area contributed by atoms with Crippen LogP contribution in [0.5, 0.6) is 0 Å². The molecule has 1 aromatic carbocycles. The van der Waals surface area contributed by atoms with Gasteiger partial charge in [0, 0.05) is 39.8 Å². The summed E-state index contributed by atoms with van der Waals surface area (Å²) < 4.78 is 5.20. The SMILES string of the molecule is COCCN1C(=O)N(CC(C)C)C(=O)C12CCN(Cc1ccccc1)CC2. The highest BCUT2D eigenvalue weighted by atomic mass is 16.5. The van der Waals surface area contributed by atoms with Crippen molar-refractivity contribution in [1.29, 1.82) is 0 Å². The largest absolute Gasteiger partial charge is 0.383 e. The fourth-order valence-electron chi connectivity index (χ4n) is 4.21. The lowest BCUT2D eigenvalue weighted by atomic mass is 9.85. The number of methoxy groups -OCH3 is 1. The zero-order valence-corrected chi connectivity index (χ0v) is 16.7. The Labute approximate surface area is 162 Å². The summed E-state index contributed by atoms with van der Waals surface area (Å²) in [6, 6.07) is 10.2. The van der Waals surface area contributed by atoms with Gasteiger partial charge in [-0.25, -0.2) is 4.79 Å². The summed E-state index contributed by atoms with van der Waals surface area (Å²) >= 11 is 0. The quantitative estimate of drug-likeness (QED) is 0.690. The number of urea groups is 1. The first-order chi connectivity index (χ1) is 13.0. The second-order valence-corrected chi connectivity index (χ2v) is 8.03. The van der Waals surface area contributed by atoms with Gasteiger partial charge in [-0.1, -0.05) is 44.2 Å². The van der Waals surface area contributed by atoms with E-state index in [1.807, 2.05) is 19.9 Å². The molecule has 3 rings (SSSR count). The van der Waals surface area contributed by atoms with Gasteiger partial charge in [0.05, 0.1) is 6.61 Å². The maximum absolute atomic E-state index is 13.3. The molecule has 0 aliphatic carbocycles. The Morgan fingerprint density at radius 2 is 1.78 bits per heavy atom. The number of hydrogen-bond donors (Lipinski definition) is 0. The highest BCUT2D eigenvalue weighted by Crippen LogP contribution is 2.37. The second kappa shape index (κ2) is 8.40. The van der Waals surface area contributed by atoms with E-state index in [2.05, 4.69) is 29.2 Å². The van der Waals surface area contributed by atoms with Gasteiger partial charge < -0.3 is 9.64 Å². The predicted octanol–water partition coefficient (Wildman–Crippen LogP) is 2.59. The molecule has 0 atom stereocenters. The average molecular weight is 373 g/mol. The monoisotopic (exact) mass is 373 g/mol. The van der Waals surface area contributed by atoms with E-state index in [0.29, 0.717) is 32.5 Å². The molecule has 2 aliphatic heterocycles. The Hall–Kier alpha value is -1.92. The first-order valence-corrected chi connectivity index (χ1v) is 9.87. The number of carbonyl (C=O) groups excluding carboxylic acids is 2. The van der Waals surface area contributed by atoms with Crippen LogP contribution in [-0.4, -0.2) is 72.1 Å². The molecule has 2 fully saturated rings. The molecule has 27 heavy (non-hydrogen) atoms. The third-order valence-corrected chi connectivity index (χ3v) is 5.62. The third kappa shape index (κ3) is 4.01. The lowest BCUT2D eigenvalue weighted by molar-refractivity contribution is -0.136. The van der Waals surface area contributed by atoms with Crippen LogP contribution in [0.25, 0.3) is 0 Å². The first-order valence-electron chi connectivity index (χ1n) is 9.87. The molecular formula is C21H31N3O3. The Kier molecular flexibility index (Phi) is 6.17. The van der Waals surface area contributed by atoms with Crippen molar-refractivity contribution in [1.82, 2.24) is 14.7 Å². The van der Waals surface area contributed by atoms with E-state index < -0.39 is 5.54 Å². The molecule has 0 aromatic heterocycles. The van der Waals surface area contributed by atoms with Gasteiger partial charge in [-0.05, 0) is 24.3 Å². The molecule has 6 heteroatoms. The highest BCUT2D eigenvalue weighted by molar-refractivity contribution is 6.07. The van der Waals surface area contributed by atoms with Crippen LogP contribution in [0.15, 0.2) is 30.3 Å². The molecule has 1 aromatic rings. The van der Waals surface area contributed by atoms with Crippen molar-refractivity contribution >= 4 is 11.9 Å². The maximum atomic E-state index is 13.3. The van der Waals surface area contributed by atoms with E-state index in [4.69, 9.17) is 4.74 Å². The van der Waals surface area contributed by atoms with Crippen molar-refractivity contribution in [2.75, 3.05) is 39.9 Å². The number of likely N-dealkylation sites (tertiary alicyclic amines) is 1. The second-order valence-electron chi connectivity index (χ2n) is 8.03. The number of piperidine rings is 1. The fraction of sp³-hybridized carbons (Fsp3) is 0.619. The van der Waals surface area contributed by atoms with Crippen LogP contribution < -0.4 is 0 Å². The van der Waals surface area contributed by atoms with Crippen molar-refractivity contribution in [3.63, 3.8) is 0 Å². The fourth-order valence-corrected chi connectivity index (χ4v) is 4.21. The zero-order valence-electron chi connectivity index (χ0n) is 16.7. The standard InChI is InChI=1S/C21H31N3O3/c1-17(2)15-23-19(25)21(24(20(23)26)13-14-27-3)9-11-22(12-10-21)16-18-7-5-4-6-8-18/h4-8,17H,9-16H2,1-3H3. The molecule has 148 valence electrons. The zero-order chi connectivity index (χ0) is 19.4. The maximum Gasteiger partial charge on any atom is 0.327 e. The summed E-state index contributed by atoms with van der Waals surface area (Å²) in [6.45, 7) is 7.97. The van der Waals surface area contributed by atoms with Crippen molar-refractivity contribution in [3.05, 3.63) is 35.9 Å². The number of nitrogens with zero attached hydrogens (tertiary/aromatic N) is 3. The van der Waals surface area contributed by atoms with Crippen LogP contribution in [0.1, 0.15) is 32.3 Å². The molecule has 1 spiro atoms. The van der Waals surface area contributed by atoms with E-state index in [1.54, 1.807) is 12.0 Å². The van der Waals surface area contributed by atoms with E-state index in [9.17, 15) is 9.59 Å². The smallest absolute Gasteiger partial charge is 0.327 e. The van der Waals surface area contributed by atoms with Crippen molar-refractivity contribution in [3.8, 4) is 0 Å². The number of benzene rings is 1. The lowest BCUT2D eigenvalue weighted by Gasteiger charge is -2.42. The summed E-state index contributed by atoms with van der Waals surface area (Å²) in [7, 11) is 1.63. The van der Waals surface area contributed by atoms with E-state index in [0.717, 1.165) is 19.6 Å². The lowest BCUT2D eigenvalue weighted by Crippen LogP contribution is -2.57. The van der Waals surface area contributed by atoms with Crippen molar-refractivity contribution < 1.29 is 14.3 Å². The number of amides is 3. The number of hydrogen-bond acceptors (Lipinski definition) is 4. The Morgan fingerprint density at radius 1 is 1.11 bits per heavy atom. The van der Waals surface area contributed by atoms with Gasteiger partial charge in [-0.3, -0.25) is 14.6 Å². The molecule has 0 bridgehead atoms. The minimum absolute atomic E-state index is 0.0170. The number of imide groups is 1. The summed E-state index contributed by atoms with van der Waals surface area (Å²) in [5, 5.41) is 0. The molecule has 2 heterocycles.